The van der Waals surface area contributed by atoms with Crippen molar-refractivity contribution in [3.63, 3.8) is 0 Å². The largest absolute Gasteiger partial charge is 0.493 e. The van der Waals surface area contributed by atoms with Crippen molar-refractivity contribution in [2.24, 2.45) is 0 Å². The number of nitrogens with zero attached hydrogens (tertiary/aromatic N) is 2. The minimum Gasteiger partial charge on any atom is -0.493 e. The van der Waals surface area contributed by atoms with Gasteiger partial charge < -0.3 is 19.7 Å². The smallest absolute Gasteiger partial charge is 0.247 e. The summed E-state index contributed by atoms with van der Waals surface area (Å²) in [5, 5.41) is 3.08. The summed E-state index contributed by atoms with van der Waals surface area (Å²) in [6.45, 7) is 5.11. The first-order chi connectivity index (χ1) is 17.6. The molecule has 5 rings (SSSR count). The van der Waals surface area contributed by atoms with Gasteiger partial charge in [0.1, 0.15) is 11.3 Å². The highest BCUT2D eigenvalue weighted by Gasteiger charge is 2.50. The number of methoxy groups -OCH3 is 1. The molecule has 2 aliphatic rings. The lowest BCUT2D eigenvalue weighted by Crippen LogP contribution is -2.56. The van der Waals surface area contributed by atoms with E-state index in [0.29, 0.717) is 18.2 Å². The molecule has 3 aromatic rings. The SMILES string of the molecule is CC=Cc1ccc(Oc2cccc(CN3CCC4(CC3)C(=O)NCN4c3ccccc3)c2)c(OC)c1. The van der Waals surface area contributed by atoms with Gasteiger partial charge >= 0.3 is 0 Å². The summed E-state index contributed by atoms with van der Waals surface area (Å²) < 4.78 is 11.7. The first-order valence-electron chi connectivity index (χ1n) is 12.5. The van der Waals surface area contributed by atoms with Gasteiger partial charge in [-0.1, -0.05) is 48.6 Å². The van der Waals surface area contributed by atoms with Gasteiger partial charge in [0, 0.05) is 25.3 Å². The van der Waals surface area contributed by atoms with Crippen molar-refractivity contribution in [1.29, 1.82) is 0 Å². The summed E-state index contributed by atoms with van der Waals surface area (Å²) in [7, 11) is 1.66. The summed E-state index contributed by atoms with van der Waals surface area (Å²) in [6.07, 6.45) is 5.64. The molecule has 0 radical (unpaired) electrons. The number of ether oxygens (including phenoxy) is 2. The van der Waals surface area contributed by atoms with Crippen LogP contribution in [0.15, 0.2) is 78.9 Å². The number of amides is 1. The van der Waals surface area contributed by atoms with Crippen molar-refractivity contribution in [2.45, 2.75) is 31.8 Å². The van der Waals surface area contributed by atoms with E-state index in [9.17, 15) is 4.79 Å². The van der Waals surface area contributed by atoms with Crippen LogP contribution in [0, 0.1) is 0 Å². The molecule has 2 fully saturated rings. The van der Waals surface area contributed by atoms with Gasteiger partial charge in [0.2, 0.25) is 5.91 Å². The monoisotopic (exact) mass is 483 g/mol. The van der Waals surface area contributed by atoms with Gasteiger partial charge in [-0.15, -0.1) is 0 Å². The minimum absolute atomic E-state index is 0.149. The highest BCUT2D eigenvalue weighted by Crippen LogP contribution is 2.37. The molecular weight excluding hydrogens is 450 g/mol. The van der Waals surface area contributed by atoms with Gasteiger partial charge in [-0.25, -0.2) is 0 Å². The van der Waals surface area contributed by atoms with Gasteiger partial charge in [0.05, 0.1) is 13.8 Å². The van der Waals surface area contributed by atoms with Crippen LogP contribution in [-0.2, 0) is 11.3 Å². The Balaban J connectivity index is 1.25. The molecule has 6 heteroatoms. The van der Waals surface area contributed by atoms with Gasteiger partial charge in [0.25, 0.3) is 0 Å². The molecule has 0 aliphatic carbocycles. The van der Waals surface area contributed by atoms with Crippen LogP contribution in [0.4, 0.5) is 5.69 Å². The molecule has 3 aromatic carbocycles. The number of nitrogens with one attached hydrogen (secondary N) is 1. The van der Waals surface area contributed by atoms with E-state index in [1.807, 2.05) is 67.6 Å². The lowest BCUT2D eigenvalue weighted by atomic mass is 9.85. The van der Waals surface area contributed by atoms with Gasteiger partial charge in [-0.3, -0.25) is 9.69 Å². The van der Waals surface area contributed by atoms with E-state index in [-0.39, 0.29) is 5.91 Å². The third-order valence-electron chi connectivity index (χ3n) is 7.17. The Bertz CT molecular complexity index is 1230. The zero-order valence-electron chi connectivity index (χ0n) is 20.9. The fourth-order valence-corrected chi connectivity index (χ4v) is 5.27. The fourth-order valence-electron chi connectivity index (χ4n) is 5.27. The predicted octanol–water partition coefficient (Wildman–Crippen LogP) is 5.45. The van der Waals surface area contributed by atoms with E-state index < -0.39 is 5.54 Å². The van der Waals surface area contributed by atoms with Gasteiger partial charge in [-0.2, -0.15) is 0 Å². The number of carbonyl (C=O) groups is 1. The number of hydrogen-bond acceptors (Lipinski definition) is 5. The average Bonchev–Trinajstić information content (AvgIpc) is 3.22. The highest BCUT2D eigenvalue weighted by molar-refractivity contribution is 5.93. The molecule has 0 aromatic heterocycles. The molecule has 1 amide bonds. The second-order valence-corrected chi connectivity index (χ2v) is 9.40. The van der Waals surface area contributed by atoms with Crippen LogP contribution in [0.2, 0.25) is 0 Å². The number of likely N-dealkylation sites (tertiary alicyclic amines) is 1. The Morgan fingerprint density at radius 3 is 2.53 bits per heavy atom. The van der Waals surface area contributed by atoms with Crippen LogP contribution in [-0.4, -0.2) is 43.2 Å². The zero-order chi connectivity index (χ0) is 25.0. The van der Waals surface area contributed by atoms with Crippen LogP contribution in [0.25, 0.3) is 6.08 Å². The average molecular weight is 484 g/mol. The third kappa shape index (κ3) is 4.82. The number of para-hydroxylation sites is 1. The maximum absolute atomic E-state index is 12.9. The third-order valence-corrected chi connectivity index (χ3v) is 7.17. The van der Waals surface area contributed by atoms with E-state index in [4.69, 9.17) is 9.47 Å². The molecule has 0 saturated carbocycles. The molecule has 1 N–H and O–H groups in total. The van der Waals surface area contributed by atoms with Gasteiger partial charge in [0.15, 0.2) is 11.5 Å². The quantitative estimate of drug-likeness (QED) is 0.484. The Kier molecular flexibility index (Phi) is 6.96. The Morgan fingerprint density at radius 1 is 0.972 bits per heavy atom. The van der Waals surface area contributed by atoms with Crippen molar-refractivity contribution < 1.29 is 14.3 Å². The molecule has 6 nitrogen and oxygen atoms in total. The molecule has 0 atom stereocenters. The van der Waals surface area contributed by atoms with Crippen LogP contribution in [0.5, 0.6) is 17.2 Å². The molecule has 1 spiro atoms. The first-order valence-corrected chi connectivity index (χ1v) is 12.5. The molecule has 186 valence electrons. The van der Waals surface area contributed by atoms with E-state index in [2.05, 4.69) is 39.4 Å². The number of carbonyl (C=O) groups excluding carboxylic acids is 1. The summed E-state index contributed by atoms with van der Waals surface area (Å²) in [5.74, 6) is 2.32. The van der Waals surface area contributed by atoms with Crippen molar-refractivity contribution in [1.82, 2.24) is 10.2 Å². The molecule has 2 aliphatic heterocycles. The molecular formula is C30H33N3O3. The lowest BCUT2D eigenvalue weighted by molar-refractivity contribution is -0.125. The second-order valence-electron chi connectivity index (χ2n) is 9.40. The summed E-state index contributed by atoms with van der Waals surface area (Å²) in [5.41, 5.74) is 2.89. The molecule has 2 saturated heterocycles. The predicted molar refractivity (Wildman–Crippen MR) is 143 cm³/mol. The second kappa shape index (κ2) is 10.5. The Morgan fingerprint density at radius 2 is 1.78 bits per heavy atom. The standard InChI is InChI=1S/C30H33N3O3/c1-3-8-23-13-14-27(28(20-23)35-2)36-26-12-7-9-24(19-26)21-32-17-15-30(16-18-32)29(34)31-22-33(30)25-10-5-4-6-11-25/h3-14,19-20H,15-18,21-22H2,1-2H3,(H,31,34). The molecule has 0 bridgehead atoms. The summed E-state index contributed by atoms with van der Waals surface area (Å²) in [6, 6.07) is 24.4. The number of piperidine rings is 1. The van der Waals surface area contributed by atoms with Crippen LogP contribution < -0.4 is 19.7 Å². The summed E-state index contributed by atoms with van der Waals surface area (Å²) >= 11 is 0. The lowest BCUT2D eigenvalue weighted by Gasteiger charge is -2.43. The zero-order valence-corrected chi connectivity index (χ0v) is 20.9. The summed E-state index contributed by atoms with van der Waals surface area (Å²) in [4.78, 5) is 17.6. The topological polar surface area (TPSA) is 54.0 Å². The Hall–Kier alpha value is -3.77. The normalized spacial score (nSPS) is 17.5. The number of anilines is 1. The van der Waals surface area contributed by atoms with E-state index in [1.165, 1.54) is 5.56 Å². The van der Waals surface area contributed by atoms with Crippen molar-refractivity contribution >= 4 is 17.7 Å². The van der Waals surface area contributed by atoms with Crippen LogP contribution in [0.3, 0.4) is 0 Å². The minimum atomic E-state index is -0.460. The van der Waals surface area contributed by atoms with E-state index in [1.54, 1.807) is 7.11 Å². The van der Waals surface area contributed by atoms with Crippen LogP contribution in [0.1, 0.15) is 30.9 Å². The number of rotatable bonds is 7. The highest BCUT2D eigenvalue weighted by atomic mass is 16.5. The molecule has 2 heterocycles. The van der Waals surface area contributed by atoms with E-state index >= 15 is 0 Å². The molecule has 36 heavy (non-hydrogen) atoms. The molecule has 0 unspecified atom stereocenters. The first kappa shape index (κ1) is 23.9. The number of benzene rings is 3. The van der Waals surface area contributed by atoms with E-state index in [0.717, 1.165) is 49.5 Å². The van der Waals surface area contributed by atoms with Gasteiger partial charge in [-0.05, 0) is 67.3 Å². The number of allylic oxidation sites excluding steroid dienone is 1. The van der Waals surface area contributed by atoms with Crippen LogP contribution >= 0.6 is 0 Å². The maximum Gasteiger partial charge on any atom is 0.247 e. The van der Waals surface area contributed by atoms with Crippen molar-refractivity contribution in [3.05, 3.63) is 90.0 Å². The Labute approximate surface area is 213 Å². The maximum atomic E-state index is 12.9. The van der Waals surface area contributed by atoms with Crippen molar-refractivity contribution in [2.75, 3.05) is 31.8 Å². The number of hydrogen-bond donors (Lipinski definition) is 1. The fraction of sp³-hybridized carbons (Fsp3) is 0.300. The van der Waals surface area contributed by atoms with Crippen molar-refractivity contribution in [3.8, 4) is 17.2 Å².